The van der Waals surface area contributed by atoms with Crippen molar-refractivity contribution in [2.24, 2.45) is 5.92 Å². The first kappa shape index (κ1) is 19.5. The Hall–Kier alpha value is -2.31. The maximum Gasteiger partial charge on any atom is 0.409 e. The van der Waals surface area contributed by atoms with Gasteiger partial charge in [-0.05, 0) is 44.7 Å². The lowest BCUT2D eigenvalue weighted by Crippen LogP contribution is -2.42. The number of aromatic nitrogens is 1. The minimum absolute atomic E-state index is 0.0919. The van der Waals surface area contributed by atoms with Crippen LogP contribution in [-0.2, 0) is 9.53 Å². The molecule has 1 aliphatic carbocycles. The maximum atomic E-state index is 12.3. The van der Waals surface area contributed by atoms with E-state index in [0.29, 0.717) is 31.6 Å². The van der Waals surface area contributed by atoms with E-state index in [4.69, 9.17) is 4.74 Å². The predicted octanol–water partition coefficient (Wildman–Crippen LogP) is 3.63. The van der Waals surface area contributed by atoms with Crippen LogP contribution < -0.4 is 10.6 Å². The largest absolute Gasteiger partial charge is 0.450 e. The van der Waals surface area contributed by atoms with Crippen molar-refractivity contribution in [1.29, 1.82) is 0 Å². The number of amides is 2. The number of pyridine rings is 1. The highest BCUT2D eigenvalue weighted by atomic mass is 16.6. The summed E-state index contributed by atoms with van der Waals surface area (Å²) in [5, 5.41) is 6.40. The Morgan fingerprint density at radius 3 is 2.52 bits per heavy atom. The minimum atomic E-state index is -0.226. The summed E-state index contributed by atoms with van der Waals surface area (Å²) in [6.45, 7) is 3.62. The average molecular weight is 374 g/mol. The van der Waals surface area contributed by atoms with Crippen LogP contribution in [0.15, 0.2) is 18.3 Å². The molecular weight excluding hydrogens is 344 g/mol. The lowest BCUT2D eigenvalue weighted by atomic mass is 9.89. The second-order valence-corrected chi connectivity index (χ2v) is 7.36. The second kappa shape index (κ2) is 9.58. The molecule has 2 fully saturated rings. The molecule has 1 aromatic heterocycles. The highest BCUT2D eigenvalue weighted by Gasteiger charge is 2.24. The molecule has 0 bridgehead atoms. The summed E-state index contributed by atoms with van der Waals surface area (Å²) < 4.78 is 5.05. The normalized spacial score (nSPS) is 18.8. The number of nitrogens with zero attached hydrogens (tertiary/aromatic N) is 2. The predicted molar refractivity (Wildman–Crippen MR) is 105 cm³/mol. The Kier molecular flexibility index (Phi) is 6.90. The van der Waals surface area contributed by atoms with Crippen LogP contribution in [0.4, 0.5) is 16.3 Å². The lowest BCUT2D eigenvalue weighted by molar-refractivity contribution is -0.120. The molecule has 0 unspecified atom stereocenters. The lowest BCUT2D eigenvalue weighted by Gasteiger charge is -2.32. The van der Waals surface area contributed by atoms with Crippen LogP contribution in [-0.4, -0.2) is 47.6 Å². The fourth-order valence-corrected chi connectivity index (χ4v) is 3.80. The third kappa shape index (κ3) is 5.58. The number of ether oxygens (including phenoxy) is 1. The van der Waals surface area contributed by atoms with Gasteiger partial charge in [0.1, 0.15) is 5.82 Å². The zero-order valence-corrected chi connectivity index (χ0v) is 16.1. The zero-order chi connectivity index (χ0) is 19.1. The van der Waals surface area contributed by atoms with Gasteiger partial charge in [0.2, 0.25) is 5.91 Å². The van der Waals surface area contributed by atoms with Crippen LogP contribution in [0.2, 0.25) is 0 Å². The second-order valence-electron chi connectivity index (χ2n) is 7.36. The summed E-state index contributed by atoms with van der Waals surface area (Å²) >= 11 is 0. The standard InChI is InChI=1S/C20H30N4O3/c1-2-27-20(26)24-12-10-16(11-13-24)22-17-8-9-18(21-14-17)23-19(25)15-6-4-3-5-7-15/h8-9,14-16,22H,2-7,10-13H2,1H3,(H,21,23,25). The molecule has 7 nitrogen and oxygen atoms in total. The fraction of sp³-hybridized carbons (Fsp3) is 0.650. The van der Waals surface area contributed by atoms with E-state index in [1.165, 1.54) is 6.42 Å². The molecule has 3 rings (SSSR count). The number of anilines is 2. The zero-order valence-electron chi connectivity index (χ0n) is 16.1. The third-order valence-corrected chi connectivity index (χ3v) is 5.38. The highest BCUT2D eigenvalue weighted by molar-refractivity contribution is 5.91. The molecule has 0 aromatic carbocycles. The molecule has 1 aliphatic heterocycles. The Morgan fingerprint density at radius 1 is 1.15 bits per heavy atom. The van der Waals surface area contributed by atoms with E-state index in [0.717, 1.165) is 44.2 Å². The van der Waals surface area contributed by atoms with Crippen LogP contribution in [0.25, 0.3) is 0 Å². The number of carbonyl (C=O) groups is 2. The van der Waals surface area contributed by atoms with Crippen molar-refractivity contribution in [3.05, 3.63) is 18.3 Å². The summed E-state index contributed by atoms with van der Waals surface area (Å²) in [6, 6.07) is 4.10. The van der Waals surface area contributed by atoms with E-state index in [2.05, 4.69) is 15.6 Å². The number of nitrogens with one attached hydrogen (secondary N) is 2. The summed E-state index contributed by atoms with van der Waals surface area (Å²) in [5.74, 6) is 0.824. The number of hydrogen-bond acceptors (Lipinski definition) is 5. The Labute approximate surface area is 160 Å². The topological polar surface area (TPSA) is 83.6 Å². The van der Waals surface area contributed by atoms with Gasteiger partial charge in [0.15, 0.2) is 0 Å². The van der Waals surface area contributed by atoms with E-state index in [1.807, 2.05) is 19.1 Å². The molecule has 1 saturated heterocycles. The van der Waals surface area contributed by atoms with E-state index in [1.54, 1.807) is 11.1 Å². The van der Waals surface area contributed by atoms with Crippen LogP contribution >= 0.6 is 0 Å². The summed E-state index contributed by atoms with van der Waals surface area (Å²) in [5.41, 5.74) is 0.931. The van der Waals surface area contributed by atoms with Crippen LogP contribution in [0, 0.1) is 5.92 Å². The maximum absolute atomic E-state index is 12.3. The molecule has 2 heterocycles. The first-order valence-electron chi connectivity index (χ1n) is 10.1. The fourth-order valence-electron chi connectivity index (χ4n) is 3.80. The first-order valence-corrected chi connectivity index (χ1v) is 10.1. The molecule has 1 aromatic rings. The van der Waals surface area contributed by atoms with Crippen molar-refractivity contribution in [2.45, 2.75) is 57.9 Å². The minimum Gasteiger partial charge on any atom is -0.450 e. The van der Waals surface area contributed by atoms with E-state index >= 15 is 0 Å². The number of likely N-dealkylation sites (tertiary alicyclic amines) is 1. The van der Waals surface area contributed by atoms with E-state index in [-0.39, 0.29) is 17.9 Å². The molecule has 2 amide bonds. The smallest absolute Gasteiger partial charge is 0.409 e. The monoisotopic (exact) mass is 374 g/mol. The third-order valence-electron chi connectivity index (χ3n) is 5.38. The molecule has 2 N–H and O–H groups in total. The number of rotatable bonds is 5. The Morgan fingerprint density at radius 2 is 1.89 bits per heavy atom. The Bertz CT molecular complexity index is 621. The van der Waals surface area contributed by atoms with Gasteiger partial charge in [-0.2, -0.15) is 0 Å². The van der Waals surface area contributed by atoms with Gasteiger partial charge in [0, 0.05) is 25.0 Å². The van der Waals surface area contributed by atoms with E-state index < -0.39 is 0 Å². The van der Waals surface area contributed by atoms with Crippen molar-refractivity contribution in [2.75, 3.05) is 30.3 Å². The van der Waals surface area contributed by atoms with Gasteiger partial charge in [-0.25, -0.2) is 9.78 Å². The van der Waals surface area contributed by atoms with Crippen LogP contribution in [0.1, 0.15) is 51.9 Å². The van der Waals surface area contributed by atoms with Crippen LogP contribution in [0.5, 0.6) is 0 Å². The molecule has 148 valence electrons. The summed E-state index contributed by atoms with van der Waals surface area (Å²) in [7, 11) is 0. The van der Waals surface area contributed by atoms with E-state index in [9.17, 15) is 9.59 Å². The molecule has 27 heavy (non-hydrogen) atoms. The number of carbonyl (C=O) groups excluding carboxylic acids is 2. The van der Waals surface area contributed by atoms with Gasteiger partial charge in [0.25, 0.3) is 0 Å². The van der Waals surface area contributed by atoms with Crippen molar-refractivity contribution >= 4 is 23.5 Å². The first-order chi connectivity index (χ1) is 13.2. The summed E-state index contributed by atoms with van der Waals surface area (Å²) in [4.78, 5) is 30.2. The highest BCUT2D eigenvalue weighted by Crippen LogP contribution is 2.25. The SMILES string of the molecule is CCOC(=O)N1CCC(Nc2ccc(NC(=O)C3CCCCC3)nc2)CC1. The van der Waals surface area contributed by atoms with Gasteiger partial charge >= 0.3 is 6.09 Å². The molecule has 0 spiro atoms. The van der Waals surface area contributed by atoms with Gasteiger partial charge in [0.05, 0.1) is 18.5 Å². The van der Waals surface area contributed by atoms with Gasteiger partial charge in [-0.1, -0.05) is 19.3 Å². The quantitative estimate of drug-likeness (QED) is 0.822. The number of piperidine rings is 1. The van der Waals surface area contributed by atoms with Crippen LogP contribution in [0.3, 0.4) is 0 Å². The molecule has 2 aliphatic rings. The van der Waals surface area contributed by atoms with Crippen molar-refractivity contribution in [1.82, 2.24) is 9.88 Å². The molecule has 0 radical (unpaired) electrons. The average Bonchev–Trinajstić information content (AvgIpc) is 2.71. The van der Waals surface area contributed by atoms with Crippen molar-refractivity contribution < 1.29 is 14.3 Å². The van der Waals surface area contributed by atoms with Gasteiger partial charge in [-0.3, -0.25) is 4.79 Å². The van der Waals surface area contributed by atoms with Crippen molar-refractivity contribution in [3.8, 4) is 0 Å². The molecule has 1 saturated carbocycles. The molecular formula is C20H30N4O3. The molecule has 7 heteroatoms. The Balaban J connectivity index is 1.44. The van der Waals surface area contributed by atoms with Gasteiger partial charge < -0.3 is 20.3 Å². The summed E-state index contributed by atoms with van der Waals surface area (Å²) in [6.07, 6.45) is 8.77. The van der Waals surface area contributed by atoms with Gasteiger partial charge in [-0.15, -0.1) is 0 Å². The molecule has 0 atom stereocenters. The van der Waals surface area contributed by atoms with Crippen molar-refractivity contribution in [3.63, 3.8) is 0 Å². The number of hydrogen-bond donors (Lipinski definition) is 2.